The van der Waals surface area contributed by atoms with E-state index in [0.717, 1.165) is 5.56 Å². The maximum absolute atomic E-state index is 11.4. The van der Waals surface area contributed by atoms with Crippen LogP contribution < -0.4 is 4.74 Å². The number of halogens is 2. The van der Waals surface area contributed by atoms with Gasteiger partial charge >= 0.3 is 5.97 Å². The molecule has 0 aliphatic carbocycles. The van der Waals surface area contributed by atoms with Crippen molar-refractivity contribution in [2.45, 2.75) is 6.61 Å². The summed E-state index contributed by atoms with van der Waals surface area (Å²) in [6.07, 6.45) is 7.79. The second kappa shape index (κ2) is 9.76. The normalized spacial score (nSPS) is 10.4. The van der Waals surface area contributed by atoms with Gasteiger partial charge in [-0.1, -0.05) is 17.5 Å². The number of ether oxygens (including phenoxy) is 2. The van der Waals surface area contributed by atoms with Crippen LogP contribution >= 0.6 is 27.5 Å². The average molecular weight is 451 g/mol. The topological polar surface area (TPSA) is 78.7 Å². The first-order chi connectivity index (χ1) is 12.9. The fourth-order valence-corrected chi connectivity index (χ4v) is 3.00. The lowest BCUT2D eigenvalue weighted by Crippen LogP contribution is -2.00. The van der Waals surface area contributed by atoms with Gasteiger partial charge in [0.05, 0.1) is 14.4 Å². The van der Waals surface area contributed by atoms with Gasteiger partial charge in [0.25, 0.3) is 5.69 Å². The summed E-state index contributed by atoms with van der Waals surface area (Å²) in [6.45, 7) is 0.0902. The lowest BCUT2D eigenvalue weighted by Gasteiger charge is -2.11. The van der Waals surface area contributed by atoms with Crippen molar-refractivity contribution in [1.29, 1.82) is 0 Å². The molecule has 0 amide bonds. The zero-order valence-electron chi connectivity index (χ0n) is 13.9. The highest BCUT2D eigenvalue weighted by Gasteiger charge is 2.10. The lowest BCUT2D eigenvalue weighted by molar-refractivity contribution is -0.384. The van der Waals surface area contributed by atoms with Gasteiger partial charge in [0.1, 0.15) is 6.61 Å². The van der Waals surface area contributed by atoms with Gasteiger partial charge in [-0.15, -0.1) is 6.42 Å². The average Bonchev–Trinajstić information content (AvgIpc) is 2.64. The molecular weight excluding hydrogens is 438 g/mol. The van der Waals surface area contributed by atoms with E-state index in [1.165, 1.54) is 24.3 Å². The summed E-state index contributed by atoms with van der Waals surface area (Å²) < 4.78 is 11.0. The molecule has 0 spiro atoms. The third-order valence-corrected chi connectivity index (χ3v) is 4.13. The van der Waals surface area contributed by atoms with E-state index in [1.807, 2.05) is 0 Å². The molecule has 0 aromatic heterocycles. The number of non-ortho nitro benzene ring substituents is 1. The van der Waals surface area contributed by atoms with Crippen molar-refractivity contribution >= 4 is 45.3 Å². The summed E-state index contributed by atoms with van der Waals surface area (Å²) in [7, 11) is 0. The second-order valence-electron chi connectivity index (χ2n) is 5.17. The summed E-state index contributed by atoms with van der Waals surface area (Å²) in [5, 5.41) is 11.0. The summed E-state index contributed by atoms with van der Waals surface area (Å²) in [5.41, 5.74) is 1.42. The van der Waals surface area contributed by atoms with Gasteiger partial charge in [-0.25, -0.2) is 4.79 Å². The van der Waals surface area contributed by atoms with E-state index in [4.69, 9.17) is 27.5 Å². The molecule has 27 heavy (non-hydrogen) atoms. The smallest absolute Gasteiger partial charge is 0.331 e. The van der Waals surface area contributed by atoms with Gasteiger partial charge in [-0.2, -0.15) is 0 Å². The summed E-state index contributed by atoms with van der Waals surface area (Å²) in [5.74, 6) is 2.06. The fraction of sp³-hybridized carbons (Fsp3) is 0.105. The second-order valence-corrected chi connectivity index (χ2v) is 6.43. The Kier molecular flexibility index (Phi) is 7.41. The van der Waals surface area contributed by atoms with Crippen LogP contribution in [0.25, 0.3) is 6.08 Å². The molecule has 8 heteroatoms. The van der Waals surface area contributed by atoms with E-state index in [-0.39, 0.29) is 18.9 Å². The van der Waals surface area contributed by atoms with Crippen LogP contribution in [0, 0.1) is 22.5 Å². The molecule has 0 N–H and O–H groups in total. The molecule has 0 atom stereocenters. The SMILES string of the molecule is C#CCOC(=O)/C=C/c1cc(Cl)c(OCc2ccc([N+](=O)[O-])cc2)c(Br)c1. The molecule has 138 valence electrons. The number of rotatable bonds is 7. The van der Waals surface area contributed by atoms with Gasteiger partial charge < -0.3 is 9.47 Å². The van der Waals surface area contributed by atoms with E-state index in [1.54, 1.807) is 24.3 Å². The van der Waals surface area contributed by atoms with Gasteiger partial charge in [-0.05, 0) is 57.4 Å². The molecule has 2 aromatic rings. The van der Waals surface area contributed by atoms with Crippen LogP contribution in [0.3, 0.4) is 0 Å². The predicted molar refractivity (Wildman–Crippen MR) is 105 cm³/mol. The van der Waals surface area contributed by atoms with Gasteiger partial charge in [0.15, 0.2) is 12.4 Å². The number of hydrogen-bond donors (Lipinski definition) is 0. The number of benzene rings is 2. The van der Waals surface area contributed by atoms with E-state index in [9.17, 15) is 14.9 Å². The minimum absolute atomic E-state index is 0.00914. The maximum atomic E-state index is 11.4. The molecule has 2 aromatic carbocycles. The van der Waals surface area contributed by atoms with E-state index in [0.29, 0.717) is 20.8 Å². The summed E-state index contributed by atoms with van der Waals surface area (Å²) >= 11 is 9.62. The Hall–Kier alpha value is -2.82. The van der Waals surface area contributed by atoms with Crippen molar-refractivity contribution in [2.24, 2.45) is 0 Å². The molecule has 0 unspecified atom stereocenters. The first-order valence-corrected chi connectivity index (χ1v) is 8.71. The highest BCUT2D eigenvalue weighted by Crippen LogP contribution is 2.35. The van der Waals surface area contributed by atoms with E-state index in [2.05, 4.69) is 21.9 Å². The molecule has 0 radical (unpaired) electrons. The van der Waals surface area contributed by atoms with Crippen molar-refractivity contribution in [3.05, 3.63) is 73.2 Å². The quantitative estimate of drug-likeness (QED) is 0.199. The van der Waals surface area contributed by atoms with Crippen molar-refractivity contribution in [3.8, 4) is 18.1 Å². The number of nitrogens with zero attached hydrogens (tertiary/aromatic N) is 1. The predicted octanol–water partition coefficient (Wildman–Crippen LogP) is 4.78. The molecular formula is C19H13BrClNO5. The molecule has 6 nitrogen and oxygen atoms in total. The monoisotopic (exact) mass is 449 g/mol. The van der Waals surface area contributed by atoms with Crippen molar-refractivity contribution in [2.75, 3.05) is 6.61 Å². The molecule has 0 heterocycles. The van der Waals surface area contributed by atoms with Crippen LogP contribution in [0.15, 0.2) is 46.9 Å². The van der Waals surface area contributed by atoms with Gasteiger partial charge in [-0.3, -0.25) is 10.1 Å². The number of terminal acetylenes is 1. The van der Waals surface area contributed by atoms with Crippen LogP contribution in [-0.2, 0) is 16.1 Å². The molecule has 0 saturated heterocycles. The molecule has 0 aliphatic heterocycles. The van der Waals surface area contributed by atoms with Crippen LogP contribution in [0.5, 0.6) is 5.75 Å². The van der Waals surface area contributed by atoms with E-state index < -0.39 is 10.9 Å². The van der Waals surface area contributed by atoms with Gasteiger partial charge in [0.2, 0.25) is 0 Å². The Balaban J connectivity index is 2.06. The summed E-state index contributed by atoms with van der Waals surface area (Å²) in [6, 6.07) is 9.38. The van der Waals surface area contributed by atoms with Crippen molar-refractivity contribution < 1.29 is 19.2 Å². The number of hydrogen-bond acceptors (Lipinski definition) is 5. The highest BCUT2D eigenvalue weighted by molar-refractivity contribution is 9.10. The van der Waals surface area contributed by atoms with Crippen LogP contribution in [-0.4, -0.2) is 17.5 Å². The zero-order chi connectivity index (χ0) is 19.8. The van der Waals surface area contributed by atoms with E-state index >= 15 is 0 Å². The number of nitro groups is 1. The Bertz CT molecular complexity index is 896. The van der Waals surface area contributed by atoms with Crippen molar-refractivity contribution in [1.82, 2.24) is 0 Å². The molecule has 0 fully saturated rings. The molecule has 0 bridgehead atoms. The number of esters is 1. The Labute approximate surface area is 169 Å². The standard InChI is InChI=1S/C19H13BrClNO5/c1-2-9-26-18(23)8-5-14-10-16(20)19(17(21)11-14)27-12-13-3-6-15(7-4-13)22(24)25/h1,3-8,10-11H,9,12H2/b8-5+. The Morgan fingerprint density at radius 3 is 2.63 bits per heavy atom. The fourth-order valence-electron chi connectivity index (χ4n) is 2.01. The zero-order valence-corrected chi connectivity index (χ0v) is 16.2. The first kappa shape index (κ1) is 20.5. The van der Waals surface area contributed by atoms with Crippen LogP contribution in [0.4, 0.5) is 5.69 Å². The first-order valence-electron chi connectivity index (χ1n) is 7.54. The number of carbonyl (C=O) groups is 1. The van der Waals surface area contributed by atoms with Crippen LogP contribution in [0.1, 0.15) is 11.1 Å². The lowest BCUT2D eigenvalue weighted by atomic mass is 10.2. The Morgan fingerprint density at radius 2 is 2.04 bits per heavy atom. The Morgan fingerprint density at radius 1 is 1.33 bits per heavy atom. The minimum atomic E-state index is -0.557. The maximum Gasteiger partial charge on any atom is 0.331 e. The largest absolute Gasteiger partial charge is 0.486 e. The number of nitro benzene ring substituents is 1. The van der Waals surface area contributed by atoms with Crippen LogP contribution in [0.2, 0.25) is 5.02 Å². The number of carbonyl (C=O) groups excluding carboxylic acids is 1. The molecule has 0 aliphatic rings. The minimum Gasteiger partial charge on any atom is -0.486 e. The molecule has 0 saturated carbocycles. The summed E-state index contributed by atoms with van der Waals surface area (Å²) in [4.78, 5) is 21.6. The van der Waals surface area contributed by atoms with Crippen molar-refractivity contribution in [3.63, 3.8) is 0 Å². The van der Waals surface area contributed by atoms with Gasteiger partial charge in [0, 0.05) is 18.2 Å². The molecule has 2 rings (SSSR count). The highest BCUT2D eigenvalue weighted by atomic mass is 79.9. The third-order valence-electron chi connectivity index (χ3n) is 3.26. The third kappa shape index (κ3) is 6.13.